The van der Waals surface area contributed by atoms with Gasteiger partial charge in [-0.15, -0.1) is 0 Å². The fourth-order valence-electron chi connectivity index (χ4n) is 1.71. The van der Waals surface area contributed by atoms with E-state index < -0.39 is 0 Å². The molecule has 0 saturated heterocycles. The van der Waals surface area contributed by atoms with Crippen LogP contribution in [0.15, 0.2) is 34.8 Å². The quantitative estimate of drug-likeness (QED) is 0.584. The zero-order chi connectivity index (χ0) is 15.4. The van der Waals surface area contributed by atoms with Crippen LogP contribution in [0.25, 0.3) is 0 Å². The van der Waals surface area contributed by atoms with Gasteiger partial charge in [0, 0.05) is 17.1 Å². The summed E-state index contributed by atoms with van der Waals surface area (Å²) >= 11 is 21.7. The van der Waals surface area contributed by atoms with Crippen LogP contribution >= 0.6 is 50.7 Å². The molecule has 0 spiro atoms. The minimum absolute atomic E-state index is 0.457. The molecular formula is C15H13BrCl3NO. The van der Waals surface area contributed by atoms with Crippen molar-refractivity contribution in [1.29, 1.82) is 0 Å². The number of benzene rings is 2. The fraction of sp³-hybridized carbons (Fsp3) is 0.200. The number of hydrogen-bond acceptors (Lipinski definition) is 2. The number of halogens is 4. The molecule has 0 aliphatic heterocycles. The summed E-state index contributed by atoms with van der Waals surface area (Å²) < 4.78 is 6.46. The molecule has 0 heterocycles. The second-order valence-corrected chi connectivity index (χ2v) is 6.42. The van der Waals surface area contributed by atoms with Crippen molar-refractivity contribution in [3.63, 3.8) is 0 Å². The third kappa shape index (κ3) is 4.51. The van der Waals surface area contributed by atoms with E-state index in [0.717, 1.165) is 18.7 Å². The van der Waals surface area contributed by atoms with Crippen LogP contribution in [-0.4, -0.2) is 6.54 Å². The van der Waals surface area contributed by atoms with Crippen LogP contribution < -0.4 is 10.1 Å². The maximum absolute atomic E-state index is 6.24. The van der Waals surface area contributed by atoms with E-state index in [9.17, 15) is 0 Å². The van der Waals surface area contributed by atoms with E-state index >= 15 is 0 Å². The van der Waals surface area contributed by atoms with E-state index in [1.807, 2.05) is 18.2 Å². The lowest BCUT2D eigenvalue weighted by Gasteiger charge is -2.11. The van der Waals surface area contributed by atoms with Gasteiger partial charge in [-0.2, -0.15) is 0 Å². The predicted octanol–water partition coefficient (Wildman–Crippen LogP) is 6.31. The van der Waals surface area contributed by atoms with Crippen molar-refractivity contribution in [3.8, 4) is 11.5 Å². The molecule has 0 saturated carbocycles. The van der Waals surface area contributed by atoms with Crippen molar-refractivity contribution >= 4 is 50.7 Å². The zero-order valence-electron chi connectivity index (χ0n) is 11.2. The number of rotatable bonds is 5. The van der Waals surface area contributed by atoms with Gasteiger partial charge >= 0.3 is 0 Å². The normalized spacial score (nSPS) is 10.7. The Morgan fingerprint density at radius 1 is 1.00 bits per heavy atom. The van der Waals surface area contributed by atoms with Gasteiger partial charge in [0.05, 0.1) is 15.1 Å². The molecule has 0 aliphatic rings. The van der Waals surface area contributed by atoms with Crippen LogP contribution in [0.2, 0.25) is 15.1 Å². The highest BCUT2D eigenvalue weighted by molar-refractivity contribution is 9.10. The number of hydrogen-bond donors (Lipinski definition) is 1. The Balaban J connectivity index is 2.22. The summed E-state index contributed by atoms with van der Waals surface area (Å²) in [5.41, 5.74) is 1.09. The van der Waals surface area contributed by atoms with Crippen molar-refractivity contribution in [2.75, 3.05) is 6.54 Å². The van der Waals surface area contributed by atoms with E-state index in [-0.39, 0.29) is 0 Å². The van der Waals surface area contributed by atoms with Gasteiger partial charge in [-0.05, 0) is 46.2 Å². The monoisotopic (exact) mass is 407 g/mol. The summed E-state index contributed by atoms with van der Waals surface area (Å²) in [6.07, 6.45) is 0. The molecule has 2 aromatic carbocycles. The molecule has 21 heavy (non-hydrogen) atoms. The summed E-state index contributed by atoms with van der Waals surface area (Å²) in [6.45, 7) is 3.72. The molecule has 6 heteroatoms. The number of nitrogens with one attached hydrogen (secondary N) is 1. The first-order valence-electron chi connectivity index (χ1n) is 6.32. The molecule has 0 bridgehead atoms. The first-order chi connectivity index (χ1) is 10.0. The molecule has 0 amide bonds. The maximum atomic E-state index is 6.24. The molecule has 0 unspecified atom stereocenters. The van der Waals surface area contributed by atoms with Crippen LogP contribution in [0.4, 0.5) is 0 Å². The highest BCUT2D eigenvalue weighted by Crippen LogP contribution is 2.38. The van der Waals surface area contributed by atoms with Gasteiger partial charge in [-0.1, -0.05) is 47.8 Å². The van der Waals surface area contributed by atoms with Crippen molar-refractivity contribution in [1.82, 2.24) is 5.32 Å². The van der Waals surface area contributed by atoms with E-state index in [1.165, 1.54) is 0 Å². The van der Waals surface area contributed by atoms with Crippen molar-refractivity contribution < 1.29 is 4.74 Å². The first kappa shape index (κ1) is 16.9. The highest BCUT2D eigenvalue weighted by atomic mass is 79.9. The summed E-state index contributed by atoms with van der Waals surface area (Å²) in [6, 6.07) is 8.98. The van der Waals surface area contributed by atoms with E-state index in [1.54, 1.807) is 12.1 Å². The van der Waals surface area contributed by atoms with Crippen LogP contribution in [0.5, 0.6) is 11.5 Å². The molecule has 0 aliphatic carbocycles. The zero-order valence-corrected chi connectivity index (χ0v) is 15.1. The molecule has 2 nitrogen and oxygen atoms in total. The third-order valence-electron chi connectivity index (χ3n) is 2.77. The molecule has 0 fully saturated rings. The SMILES string of the molecule is CCNCc1ccc(Oc2cc(Cl)c(Br)cc2Cl)c(Cl)c1. The predicted molar refractivity (Wildman–Crippen MR) is 93.1 cm³/mol. The second kappa shape index (κ2) is 7.70. The van der Waals surface area contributed by atoms with Gasteiger partial charge in [-0.25, -0.2) is 0 Å². The lowest BCUT2D eigenvalue weighted by molar-refractivity contribution is 0.483. The van der Waals surface area contributed by atoms with Gasteiger partial charge in [0.2, 0.25) is 0 Å². The third-order valence-corrected chi connectivity index (χ3v) is 4.56. The van der Waals surface area contributed by atoms with E-state index in [2.05, 4.69) is 28.2 Å². The topological polar surface area (TPSA) is 21.3 Å². The average Bonchev–Trinajstić information content (AvgIpc) is 2.45. The maximum Gasteiger partial charge on any atom is 0.147 e. The lowest BCUT2D eigenvalue weighted by Crippen LogP contribution is -2.11. The van der Waals surface area contributed by atoms with Crippen molar-refractivity contribution in [2.45, 2.75) is 13.5 Å². The summed E-state index contributed by atoms with van der Waals surface area (Å²) in [7, 11) is 0. The van der Waals surface area contributed by atoms with Gasteiger partial charge in [0.15, 0.2) is 0 Å². The van der Waals surface area contributed by atoms with Crippen LogP contribution in [0.1, 0.15) is 12.5 Å². The average molecular weight is 410 g/mol. The number of ether oxygens (including phenoxy) is 1. The minimum atomic E-state index is 0.457. The second-order valence-electron chi connectivity index (χ2n) is 4.34. The van der Waals surface area contributed by atoms with E-state index in [4.69, 9.17) is 39.5 Å². The Kier molecular flexibility index (Phi) is 6.20. The summed E-state index contributed by atoms with van der Waals surface area (Å²) in [5, 5.41) is 4.75. The van der Waals surface area contributed by atoms with Gasteiger partial charge in [-0.3, -0.25) is 0 Å². The Labute approximate surface area is 147 Å². The van der Waals surface area contributed by atoms with Gasteiger partial charge in [0.25, 0.3) is 0 Å². The molecule has 2 rings (SSSR count). The smallest absolute Gasteiger partial charge is 0.147 e. The lowest BCUT2D eigenvalue weighted by atomic mass is 10.2. The van der Waals surface area contributed by atoms with E-state index in [0.29, 0.717) is 31.0 Å². The molecule has 112 valence electrons. The Bertz CT molecular complexity index is 649. The van der Waals surface area contributed by atoms with Crippen LogP contribution in [-0.2, 0) is 6.54 Å². The largest absolute Gasteiger partial charge is 0.454 e. The minimum Gasteiger partial charge on any atom is -0.454 e. The Hall–Kier alpha value is -0.450. The van der Waals surface area contributed by atoms with Crippen LogP contribution in [0.3, 0.4) is 0 Å². The molecule has 0 radical (unpaired) electrons. The first-order valence-corrected chi connectivity index (χ1v) is 8.25. The Morgan fingerprint density at radius 3 is 2.38 bits per heavy atom. The van der Waals surface area contributed by atoms with Gasteiger partial charge < -0.3 is 10.1 Å². The molecule has 2 aromatic rings. The highest BCUT2D eigenvalue weighted by Gasteiger charge is 2.10. The fourth-order valence-corrected chi connectivity index (χ4v) is 2.78. The molecular weight excluding hydrogens is 396 g/mol. The standard InChI is InChI=1S/C15H13BrCl3NO/c1-2-20-8-9-3-4-14(12(18)5-9)21-15-7-11(17)10(16)6-13(15)19/h3-7,20H,2,8H2,1H3. The van der Waals surface area contributed by atoms with Gasteiger partial charge in [0.1, 0.15) is 11.5 Å². The Morgan fingerprint density at radius 2 is 1.71 bits per heavy atom. The van der Waals surface area contributed by atoms with Crippen molar-refractivity contribution in [3.05, 3.63) is 55.4 Å². The summed E-state index contributed by atoms with van der Waals surface area (Å²) in [5.74, 6) is 1.00. The molecule has 0 aromatic heterocycles. The van der Waals surface area contributed by atoms with Crippen LogP contribution in [0, 0.1) is 0 Å². The summed E-state index contributed by atoms with van der Waals surface area (Å²) in [4.78, 5) is 0. The van der Waals surface area contributed by atoms with Crippen molar-refractivity contribution in [2.24, 2.45) is 0 Å². The molecule has 0 atom stereocenters. The molecule has 1 N–H and O–H groups in total.